The van der Waals surface area contributed by atoms with Gasteiger partial charge in [0.1, 0.15) is 5.52 Å². The average Bonchev–Trinajstić information content (AvgIpc) is 3.56. The summed E-state index contributed by atoms with van der Waals surface area (Å²) in [4.78, 5) is 37.2. The Bertz CT molecular complexity index is 1250. The van der Waals surface area contributed by atoms with E-state index in [0.717, 1.165) is 52.5 Å². The highest BCUT2D eigenvalue weighted by atomic mass is 32.1. The first-order valence-corrected chi connectivity index (χ1v) is 12.5. The van der Waals surface area contributed by atoms with Gasteiger partial charge >= 0.3 is 0 Å². The standard InChI is InChI=1S/C23H23N5O3S2/c1-14(29)24-12-16-6-7-20(33-16)18-13-32-22(25-18)27-21(30)15-8-10-28(11-9-15)23-26-17-4-2-3-5-19(17)31-23/h2-7,13,15H,8-12H2,1H3,(H,24,29)(H,25,27,30). The highest BCUT2D eigenvalue weighted by Crippen LogP contribution is 2.32. The number of nitrogens with one attached hydrogen (secondary N) is 2. The number of hydrogen-bond donors (Lipinski definition) is 2. The lowest BCUT2D eigenvalue weighted by molar-refractivity contribution is -0.120. The molecule has 1 aliphatic heterocycles. The number of fused-ring (bicyclic) bond motifs is 1. The minimum atomic E-state index is -0.0658. The molecule has 1 aromatic carbocycles. The number of oxazole rings is 1. The third-order valence-corrected chi connectivity index (χ3v) is 7.44. The topological polar surface area (TPSA) is 100 Å². The molecule has 1 fully saturated rings. The summed E-state index contributed by atoms with van der Waals surface area (Å²) in [5.74, 6) is -0.113. The lowest BCUT2D eigenvalue weighted by Gasteiger charge is -2.29. The fourth-order valence-electron chi connectivity index (χ4n) is 3.80. The van der Waals surface area contributed by atoms with E-state index in [9.17, 15) is 9.59 Å². The van der Waals surface area contributed by atoms with E-state index in [4.69, 9.17) is 4.42 Å². The Morgan fingerprint density at radius 1 is 1.15 bits per heavy atom. The third-order valence-electron chi connectivity index (χ3n) is 5.58. The van der Waals surface area contributed by atoms with E-state index in [1.165, 1.54) is 18.3 Å². The van der Waals surface area contributed by atoms with Crippen LogP contribution in [0.15, 0.2) is 46.2 Å². The first kappa shape index (κ1) is 21.6. The van der Waals surface area contributed by atoms with Crippen molar-refractivity contribution in [1.29, 1.82) is 0 Å². The van der Waals surface area contributed by atoms with Gasteiger partial charge in [-0.25, -0.2) is 4.98 Å². The van der Waals surface area contributed by atoms with Crippen LogP contribution in [-0.4, -0.2) is 34.9 Å². The molecule has 0 unspecified atom stereocenters. The van der Waals surface area contributed by atoms with Crippen LogP contribution in [0, 0.1) is 5.92 Å². The molecule has 1 saturated heterocycles. The van der Waals surface area contributed by atoms with Crippen LogP contribution in [0.2, 0.25) is 0 Å². The summed E-state index contributed by atoms with van der Waals surface area (Å²) in [6.07, 6.45) is 1.47. The van der Waals surface area contributed by atoms with E-state index in [-0.39, 0.29) is 17.7 Å². The van der Waals surface area contributed by atoms with Crippen LogP contribution < -0.4 is 15.5 Å². The molecule has 0 spiro atoms. The molecule has 0 aliphatic carbocycles. The molecule has 2 amide bonds. The summed E-state index contributed by atoms with van der Waals surface area (Å²) in [6, 6.07) is 12.3. The number of hydrogen-bond acceptors (Lipinski definition) is 8. The normalized spacial score (nSPS) is 14.5. The van der Waals surface area contributed by atoms with E-state index in [1.807, 2.05) is 41.8 Å². The quantitative estimate of drug-likeness (QED) is 0.420. The molecule has 2 N–H and O–H groups in total. The number of para-hydroxylation sites is 2. The molecule has 170 valence electrons. The summed E-state index contributed by atoms with van der Waals surface area (Å²) < 4.78 is 5.86. The third kappa shape index (κ3) is 4.91. The second-order valence-corrected chi connectivity index (χ2v) is 9.95. The van der Waals surface area contributed by atoms with Gasteiger partial charge < -0.3 is 20.0 Å². The Morgan fingerprint density at radius 3 is 2.76 bits per heavy atom. The van der Waals surface area contributed by atoms with Crippen molar-refractivity contribution in [2.75, 3.05) is 23.3 Å². The maximum absolute atomic E-state index is 12.8. The zero-order valence-corrected chi connectivity index (χ0v) is 19.7. The molecule has 8 nitrogen and oxygen atoms in total. The van der Waals surface area contributed by atoms with Gasteiger partial charge in [0, 0.05) is 36.2 Å². The van der Waals surface area contributed by atoms with Crippen molar-refractivity contribution in [3.05, 3.63) is 46.7 Å². The number of carbonyl (C=O) groups is 2. The number of benzene rings is 1. The van der Waals surface area contributed by atoms with Crippen molar-refractivity contribution >= 4 is 56.7 Å². The average molecular weight is 482 g/mol. The number of nitrogens with zero attached hydrogens (tertiary/aromatic N) is 3. The monoisotopic (exact) mass is 481 g/mol. The van der Waals surface area contributed by atoms with Crippen molar-refractivity contribution in [3.8, 4) is 10.6 Å². The van der Waals surface area contributed by atoms with Crippen molar-refractivity contribution in [1.82, 2.24) is 15.3 Å². The zero-order chi connectivity index (χ0) is 22.8. The molecule has 0 radical (unpaired) electrons. The predicted octanol–water partition coefficient (Wildman–Crippen LogP) is 4.50. The van der Waals surface area contributed by atoms with Crippen molar-refractivity contribution in [3.63, 3.8) is 0 Å². The van der Waals surface area contributed by atoms with Gasteiger partial charge in [-0.1, -0.05) is 12.1 Å². The lowest BCUT2D eigenvalue weighted by Crippen LogP contribution is -2.38. The Hall–Kier alpha value is -3.24. The van der Waals surface area contributed by atoms with Crippen LogP contribution in [0.1, 0.15) is 24.6 Å². The molecule has 33 heavy (non-hydrogen) atoms. The fourth-order valence-corrected chi connectivity index (χ4v) is 5.50. The highest BCUT2D eigenvalue weighted by molar-refractivity contribution is 7.17. The van der Waals surface area contributed by atoms with Gasteiger partial charge in [-0.3, -0.25) is 9.59 Å². The van der Waals surface area contributed by atoms with Gasteiger partial charge in [0.05, 0.1) is 17.1 Å². The van der Waals surface area contributed by atoms with Crippen LogP contribution in [-0.2, 0) is 16.1 Å². The number of anilines is 2. The molecule has 10 heteroatoms. The fraction of sp³-hybridized carbons (Fsp3) is 0.304. The number of amides is 2. The summed E-state index contributed by atoms with van der Waals surface area (Å²) in [5.41, 5.74) is 2.46. The molecule has 0 saturated carbocycles. The van der Waals surface area contributed by atoms with Gasteiger partial charge in [-0.05, 0) is 37.1 Å². The van der Waals surface area contributed by atoms with Gasteiger partial charge in [0.2, 0.25) is 11.8 Å². The smallest absolute Gasteiger partial charge is 0.298 e. The minimum absolute atomic E-state index is 0.00522. The summed E-state index contributed by atoms with van der Waals surface area (Å²) in [6.45, 7) is 3.46. The van der Waals surface area contributed by atoms with Crippen molar-refractivity contribution in [2.45, 2.75) is 26.3 Å². The van der Waals surface area contributed by atoms with Crippen LogP contribution in [0.4, 0.5) is 11.1 Å². The van der Waals surface area contributed by atoms with Crippen molar-refractivity contribution < 1.29 is 14.0 Å². The molecule has 0 atom stereocenters. The maximum atomic E-state index is 12.8. The Kier molecular flexibility index (Phi) is 6.10. The SMILES string of the molecule is CC(=O)NCc1ccc(-c2csc(NC(=O)C3CCN(c4nc5ccccc5o4)CC3)n2)s1. The van der Waals surface area contributed by atoms with E-state index < -0.39 is 0 Å². The number of piperidine rings is 1. The number of thiazole rings is 1. The molecular formula is C23H23N5O3S2. The van der Waals surface area contributed by atoms with Crippen LogP contribution in [0.3, 0.4) is 0 Å². The summed E-state index contributed by atoms with van der Waals surface area (Å²) in [5, 5.41) is 8.33. The van der Waals surface area contributed by atoms with Crippen LogP contribution >= 0.6 is 22.7 Å². The van der Waals surface area contributed by atoms with Crippen LogP contribution in [0.25, 0.3) is 21.7 Å². The second kappa shape index (κ2) is 9.32. The van der Waals surface area contributed by atoms with Gasteiger partial charge in [-0.15, -0.1) is 22.7 Å². The molecule has 4 aromatic rings. The Balaban J connectivity index is 1.16. The highest BCUT2D eigenvalue weighted by Gasteiger charge is 2.27. The first-order valence-electron chi connectivity index (χ1n) is 10.8. The maximum Gasteiger partial charge on any atom is 0.298 e. The first-order chi connectivity index (χ1) is 16.0. The Morgan fingerprint density at radius 2 is 1.97 bits per heavy atom. The lowest BCUT2D eigenvalue weighted by atomic mass is 9.96. The van der Waals surface area contributed by atoms with Crippen LogP contribution in [0.5, 0.6) is 0 Å². The zero-order valence-electron chi connectivity index (χ0n) is 18.0. The van der Waals surface area contributed by atoms with E-state index in [2.05, 4.69) is 25.5 Å². The van der Waals surface area contributed by atoms with E-state index in [1.54, 1.807) is 11.3 Å². The molecule has 3 aromatic heterocycles. The molecule has 0 bridgehead atoms. The summed E-state index contributed by atoms with van der Waals surface area (Å²) in [7, 11) is 0. The van der Waals surface area contributed by atoms with E-state index >= 15 is 0 Å². The van der Waals surface area contributed by atoms with E-state index in [0.29, 0.717) is 17.7 Å². The second-order valence-electron chi connectivity index (χ2n) is 7.93. The number of carbonyl (C=O) groups excluding carboxylic acids is 2. The molecular weight excluding hydrogens is 458 g/mol. The van der Waals surface area contributed by atoms with Gasteiger partial charge in [0.25, 0.3) is 6.01 Å². The predicted molar refractivity (Wildman–Crippen MR) is 131 cm³/mol. The van der Waals surface area contributed by atoms with Crippen molar-refractivity contribution in [2.24, 2.45) is 5.92 Å². The van der Waals surface area contributed by atoms with Gasteiger partial charge in [-0.2, -0.15) is 4.98 Å². The molecule has 4 heterocycles. The number of thiophene rings is 1. The largest absolute Gasteiger partial charge is 0.423 e. The molecule has 5 rings (SSSR count). The Labute approximate surface area is 198 Å². The molecule has 1 aliphatic rings. The summed E-state index contributed by atoms with van der Waals surface area (Å²) >= 11 is 3.01. The van der Waals surface area contributed by atoms with Gasteiger partial charge in [0.15, 0.2) is 10.7 Å². The minimum Gasteiger partial charge on any atom is -0.423 e. The number of rotatable bonds is 6. The number of aromatic nitrogens is 2.